The molecule has 1 aromatic heterocycles. The van der Waals surface area contributed by atoms with Crippen LogP contribution >= 0.6 is 0 Å². The van der Waals surface area contributed by atoms with E-state index in [2.05, 4.69) is 20.6 Å². The van der Waals surface area contributed by atoms with Crippen molar-refractivity contribution < 1.29 is 31.1 Å². The van der Waals surface area contributed by atoms with Crippen LogP contribution in [-0.4, -0.2) is 28.6 Å². The van der Waals surface area contributed by atoms with E-state index in [4.69, 9.17) is 0 Å². The van der Waals surface area contributed by atoms with E-state index in [0.29, 0.717) is 0 Å². The Kier molecular flexibility index (Phi) is 3.68. The largest absolute Gasteiger partial charge is 0.451 e. The second-order valence-corrected chi connectivity index (χ2v) is 4.24. The molecule has 0 saturated carbocycles. The summed E-state index contributed by atoms with van der Waals surface area (Å²) in [6.07, 6.45) is -10.9. The number of fused-ring (bicyclic) bond motifs is 1. The van der Waals surface area contributed by atoms with E-state index in [1.165, 1.54) is 0 Å². The minimum absolute atomic E-state index is 0.0233. The van der Waals surface area contributed by atoms with Gasteiger partial charge in [0.15, 0.2) is 0 Å². The third kappa shape index (κ3) is 3.73. The summed E-state index contributed by atoms with van der Waals surface area (Å²) in [7, 11) is 0. The van der Waals surface area contributed by atoms with Crippen molar-refractivity contribution in [3.05, 3.63) is 11.4 Å². The summed E-state index contributed by atoms with van der Waals surface area (Å²) >= 11 is 0. The normalized spacial score (nSPS) is 14.9. The number of anilines is 2. The third-order valence-corrected chi connectivity index (χ3v) is 2.56. The minimum Gasteiger partial charge on any atom is -0.369 e. The number of amides is 1. The van der Waals surface area contributed by atoms with Crippen LogP contribution in [0.4, 0.5) is 38.0 Å². The molecule has 0 bridgehead atoms. The quantitative estimate of drug-likeness (QED) is 0.841. The number of alkyl halides is 6. The van der Waals surface area contributed by atoms with E-state index in [0.717, 1.165) is 0 Å². The number of hydrogen-bond acceptors (Lipinski definition) is 4. The number of hydrogen-bond donors (Lipinski definition) is 2. The van der Waals surface area contributed by atoms with Gasteiger partial charge in [0, 0.05) is 12.1 Å². The van der Waals surface area contributed by atoms with E-state index in [-0.39, 0.29) is 17.8 Å². The molecule has 0 aromatic carbocycles. The number of carbonyl (C=O) groups excluding carboxylic acids is 1. The van der Waals surface area contributed by atoms with E-state index in [9.17, 15) is 31.1 Å². The Morgan fingerprint density at radius 2 is 1.81 bits per heavy atom. The summed E-state index contributed by atoms with van der Waals surface area (Å²) in [5.41, 5.74) is 0.0233. The standard InChI is InChI=1S/C10H8F6N4O/c11-9(12,13)1-2-17-6-4-3-5(21)18-7(4)20-8(19-6)10(14,15)16/h1-3H2,(H2,17,18,19,20,21). The molecule has 1 amide bonds. The maximum absolute atomic E-state index is 12.6. The Labute approximate surface area is 113 Å². The second-order valence-electron chi connectivity index (χ2n) is 4.24. The molecule has 1 aliphatic heterocycles. The smallest absolute Gasteiger partial charge is 0.369 e. The number of halogens is 6. The molecule has 11 heteroatoms. The zero-order chi connectivity index (χ0) is 15.8. The van der Waals surface area contributed by atoms with Crippen molar-refractivity contribution >= 4 is 17.5 Å². The highest BCUT2D eigenvalue weighted by Crippen LogP contribution is 2.33. The van der Waals surface area contributed by atoms with Gasteiger partial charge in [0.2, 0.25) is 11.7 Å². The van der Waals surface area contributed by atoms with Crippen molar-refractivity contribution in [3.8, 4) is 0 Å². The molecule has 2 rings (SSSR count). The predicted molar refractivity (Wildman–Crippen MR) is 58.5 cm³/mol. The van der Waals surface area contributed by atoms with Gasteiger partial charge in [0.05, 0.1) is 12.8 Å². The zero-order valence-corrected chi connectivity index (χ0v) is 10.2. The zero-order valence-electron chi connectivity index (χ0n) is 10.2. The van der Waals surface area contributed by atoms with Crippen molar-refractivity contribution in [2.24, 2.45) is 0 Å². The van der Waals surface area contributed by atoms with Gasteiger partial charge in [-0.2, -0.15) is 26.3 Å². The molecule has 0 atom stereocenters. The summed E-state index contributed by atoms with van der Waals surface area (Å²) < 4.78 is 73.9. The average Bonchev–Trinajstić information content (AvgIpc) is 2.66. The van der Waals surface area contributed by atoms with Crippen molar-refractivity contribution in [1.82, 2.24) is 9.97 Å². The first kappa shape index (κ1) is 15.3. The lowest BCUT2D eigenvalue weighted by Crippen LogP contribution is -2.18. The van der Waals surface area contributed by atoms with Crippen molar-refractivity contribution in [2.45, 2.75) is 25.2 Å². The summed E-state index contributed by atoms with van der Waals surface area (Å²) in [6.45, 7) is -0.654. The predicted octanol–water partition coefficient (Wildman–Crippen LogP) is 2.35. The van der Waals surface area contributed by atoms with Gasteiger partial charge in [-0.1, -0.05) is 0 Å². The van der Waals surface area contributed by atoms with Crippen LogP contribution in [0.5, 0.6) is 0 Å². The fraction of sp³-hybridized carbons (Fsp3) is 0.500. The number of rotatable bonds is 3. The molecule has 0 saturated heterocycles. The molecule has 116 valence electrons. The molecule has 1 aliphatic rings. The Morgan fingerprint density at radius 1 is 1.14 bits per heavy atom. The Balaban J connectivity index is 2.27. The van der Waals surface area contributed by atoms with Crippen molar-refractivity contribution in [2.75, 3.05) is 17.2 Å². The summed E-state index contributed by atoms with van der Waals surface area (Å²) in [4.78, 5) is 17.5. The highest BCUT2D eigenvalue weighted by Gasteiger charge is 2.38. The molecule has 21 heavy (non-hydrogen) atoms. The second kappa shape index (κ2) is 5.04. The number of carbonyl (C=O) groups is 1. The fourth-order valence-electron chi connectivity index (χ4n) is 1.69. The van der Waals surface area contributed by atoms with Crippen LogP contribution in [-0.2, 0) is 17.4 Å². The number of nitrogens with zero attached hydrogens (tertiary/aromatic N) is 2. The lowest BCUT2D eigenvalue weighted by molar-refractivity contribution is -0.144. The molecule has 0 radical (unpaired) electrons. The third-order valence-electron chi connectivity index (χ3n) is 2.56. The van der Waals surface area contributed by atoms with Gasteiger partial charge in [0.25, 0.3) is 0 Å². The highest BCUT2D eigenvalue weighted by atomic mass is 19.4. The summed E-state index contributed by atoms with van der Waals surface area (Å²) in [6, 6.07) is 0. The molecular formula is C10H8F6N4O. The molecule has 5 nitrogen and oxygen atoms in total. The van der Waals surface area contributed by atoms with Crippen molar-refractivity contribution in [3.63, 3.8) is 0 Å². The van der Waals surface area contributed by atoms with Gasteiger partial charge in [-0.3, -0.25) is 4.79 Å². The molecule has 0 unspecified atom stereocenters. The molecule has 1 aromatic rings. The highest BCUT2D eigenvalue weighted by molar-refractivity contribution is 5.99. The van der Waals surface area contributed by atoms with Crippen LogP contribution in [0.15, 0.2) is 0 Å². The Morgan fingerprint density at radius 3 is 2.38 bits per heavy atom. The maximum atomic E-state index is 12.6. The van der Waals surface area contributed by atoms with Gasteiger partial charge in [-0.05, 0) is 0 Å². The van der Waals surface area contributed by atoms with E-state index in [1.54, 1.807) is 0 Å². The summed E-state index contributed by atoms with van der Waals surface area (Å²) in [5.74, 6) is -2.89. The number of nitrogens with one attached hydrogen (secondary N) is 2. The Bertz CT molecular complexity index is 568. The topological polar surface area (TPSA) is 66.9 Å². The Hall–Kier alpha value is -2.07. The van der Waals surface area contributed by atoms with Crippen LogP contribution in [0, 0.1) is 0 Å². The van der Waals surface area contributed by atoms with Gasteiger partial charge in [0.1, 0.15) is 11.6 Å². The van der Waals surface area contributed by atoms with Crippen LogP contribution in [0.1, 0.15) is 17.8 Å². The van der Waals surface area contributed by atoms with E-state index >= 15 is 0 Å². The molecular weight excluding hydrogens is 306 g/mol. The van der Waals surface area contributed by atoms with Crippen LogP contribution in [0.3, 0.4) is 0 Å². The van der Waals surface area contributed by atoms with Crippen LogP contribution in [0.25, 0.3) is 0 Å². The minimum atomic E-state index is -4.87. The van der Waals surface area contributed by atoms with Crippen LogP contribution < -0.4 is 10.6 Å². The molecule has 0 aliphatic carbocycles. The maximum Gasteiger partial charge on any atom is 0.451 e. The first-order valence-corrected chi connectivity index (χ1v) is 5.65. The van der Waals surface area contributed by atoms with Gasteiger partial charge >= 0.3 is 12.4 Å². The van der Waals surface area contributed by atoms with Gasteiger partial charge in [-0.15, -0.1) is 0 Å². The monoisotopic (exact) mass is 314 g/mol. The first-order chi connectivity index (χ1) is 9.56. The average molecular weight is 314 g/mol. The van der Waals surface area contributed by atoms with Crippen LogP contribution in [0.2, 0.25) is 0 Å². The van der Waals surface area contributed by atoms with E-state index in [1.807, 2.05) is 0 Å². The molecule has 0 fully saturated rings. The fourth-order valence-corrected chi connectivity index (χ4v) is 1.69. The molecule has 0 spiro atoms. The number of aromatic nitrogens is 2. The SMILES string of the molecule is O=C1Cc2c(NCCC(F)(F)F)nc(C(F)(F)F)nc2N1. The van der Waals surface area contributed by atoms with Crippen molar-refractivity contribution in [1.29, 1.82) is 0 Å². The van der Waals surface area contributed by atoms with Gasteiger partial charge in [-0.25, -0.2) is 9.97 Å². The lowest BCUT2D eigenvalue weighted by atomic mass is 10.2. The van der Waals surface area contributed by atoms with E-state index < -0.39 is 42.9 Å². The summed E-state index contributed by atoms with van der Waals surface area (Å²) in [5, 5.41) is 4.28. The lowest BCUT2D eigenvalue weighted by Gasteiger charge is -2.13. The first-order valence-electron chi connectivity index (χ1n) is 5.65. The molecule has 2 N–H and O–H groups in total. The molecule has 2 heterocycles. The van der Waals surface area contributed by atoms with Gasteiger partial charge < -0.3 is 10.6 Å².